The Bertz CT molecular complexity index is 477. The predicted octanol–water partition coefficient (Wildman–Crippen LogP) is 1.04. The first-order valence-electron chi connectivity index (χ1n) is 3.74. The molecule has 0 aliphatic carbocycles. The second-order valence-corrected chi connectivity index (χ2v) is 5.16. The van der Waals surface area contributed by atoms with Gasteiger partial charge in [0.1, 0.15) is 11.2 Å². The van der Waals surface area contributed by atoms with E-state index in [0.29, 0.717) is 0 Å². The molecule has 1 aromatic rings. The van der Waals surface area contributed by atoms with Gasteiger partial charge in [0.15, 0.2) is 5.82 Å². The highest BCUT2D eigenvalue weighted by Gasteiger charge is 2.10. The van der Waals surface area contributed by atoms with E-state index in [1.807, 2.05) is 0 Å². The number of nitrogen functional groups attached to an aromatic ring is 1. The summed E-state index contributed by atoms with van der Waals surface area (Å²) in [6.45, 7) is -0.316. The van der Waals surface area contributed by atoms with E-state index in [4.69, 9.17) is 5.73 Å². The standard InChI is InChI=1S/C7H8BrFN2O3S/c1-15(12,13)14-3-6-5(10)2-4(9)7(8)11-6/h2H,3,10H2,1H3. The lowest BCUT2D eigenvalue weighted by Gasteiger charge is -2.05. The fourth-order valence-corrected chi connectivity index (χ4v) is 1.45. The molecule has 0 bridgehead atoms. The van der Waals surface area contributed by atoms with Gasteiger partial charge in [0.05, 0.1) is 17.6 Å². The number of anilines is 1. The van der Waals surface area contributed by atoms with E-state index < -0.39 is 15.9 Å². The molecule has 5 nitrogen and oxygen atoms in total. The van der Waals surface area contributed by atoms with E-state index in [9.17, 15) is 12.8 Å². The van der Waals surface area contributed by atoms with Crippen LogP contribution in [0.3, 0.4) is 0 Å². The molecule has 0 radical (unpaired) electrons. The molecular formula is C7H8BrFN2O3S. The van der Waals surface area contributed by atoms with Crippen LogP contribution in [0.1, 0.15) is 5.69 Å². The number of rotatable bonds is 3. The Balaban J connectivity index is 2.91. The van der Waals surface area contributed by atoms with E-state index in [2.05, 4.69) is 25.1 Å². The summed E-state index contributed by atoms with van der Waals surface area (Å²) in [5.41, 5.74) is 5.62. The highest BCUT2D eigenvalue weighted by molar-refractivity contribution is 9.10. The average molecular weight is 299 g/mol. The molecule has 1 heterocycles. The van der Waals surface area contributed by atoms with Gasteiger partial charge in [-0.15, -0.1) is 0 Å². The Morgan fingerprint density at radius 2 is 2.27 bits per heavy atom. The lowest BCUT2D eigenvalue weighted by Crippen LogP contribution is -2.07. The summed E-state index contributed by atoms with van der Waals surface area (Å²) in [6.07, 6.45) is 0.905. The molecule has 0 fully saturated rings. The molecule has 0 amide bonds. The lowest BCUT2D eigenvalue weighted by molar-refractivity contribution is 0.307. The zero-order valence-electron chi connectivity index (χ0n) is 7.70. The van der Waals surface area contributed by atoms with Crippen molar-refractivity contribution in [1.82, 2.24) is 4.98 Å². The first-order valence-corrected chi connectivity index (χ1v) is 6.35. The highest BCUT2D eigenvalue weighted by atomic mass is 79.9. The maximum absolute atomic E-state index is 12.9. The summed E-state index contributed by atoms with van der Waals surface area (Å²) in [4.78, 5) is 3.70. The Morgan fingerprint density at radius 1 is 1.67 bits per heavy atom. The number of hydrogen-bond donors (Lipinski definition) is 1. The van der Waals surface area contributed by atoms with Crippen molar-refractivity contribution in [2.24, 2.45) is 0 Å². The van der Waals surface area contributed by atoms with E-state index in [-0.39, 0.29) is 22.6 Å². The van der Waals surface area contributed by atoms with Crippen LogP contribution in [0.5, 0.6) is 0 Å². The molecule has 1 aromatic heterocycles. The molecule has 0 atom stereocenters. The zero-order valence-corrected chi connectivity index (χ0v) is 10.1. The molecule has 2 N–H and O–H groups in total. The zero-order chi connectivity index (χ0) is 11.6. The largest absolute Gasteiger partial charge is 0.397 e. The summed E-state index contributed by atoms with van der Waals surface area (Å²) >= 11 is 2.85. The number of aromatic nitrogens is 1. The Morgan fingerprint density at radius 3 is 2.80 bits per heavy atom. The van der Waals surface area contributed by atoms with Gasteiger partial charge < -0.3 is 5.73 Å². The monoisotopic (exact) mass is 298 g/mol. The van der Waals surface area contributed by atoms with E-state index in [1.165, 1.54) is 0 Å². The molecule has 0 aliphatic heterocycles. The summed E-state index contributed by atoms with van der Waals surface area (Å²) in [5.74, 6) is -0.615. The SMILES string of the molecule is CS(=O)(=O)OCc1nc(Br)c(F)cc1N. The van der Waals surface area contributed by atoms with Crippen LogP contribution in [0.2, 0.25) is 0 Å². The van der Waals surface area contributed by atoms with Gasteiger partial charge in [0, 0.05) is 6.07 Å². The third kappa shape index (κ3) is 3.73. The van der Waals surface area contributed by atoms with Gasteiger partial charge >= 0.3 is 0 Å². The van der Waals surface area contributed by atoms with Crippen molar-refractivity contribution in [1.29, 1.82) is 0 Å². The van der Waals surface area contributed by atoms with Gasteiger partial charge in [-0.25, -0.2) is 9.37 Å². The smallest absolute Gasteiger partial charge is 0.264 e. The summed E-state index contributed by atoms with van der Waals surface area (Å²) in [6, 6.07) is 1.04. The van der Waals surface area contributed by atoms with Crippen LogP contribution >= 0.6 is 15.9 Å². The number of hydrogen-bond acceptors (Lipinski definition) is 5. The molecule has 0 unspecified atom stereocenters. The van der Waals surface area contributed by atoms with Gasteiger partial charge in [-0.05, 0) is 15.9 Å². The molecular weight excluding hydrogens is 291 g/mol. The third-order valence-electron chi connectivity index (χ3n) is 1.46. The molecule has 8 heteroatoms. The summed E-state index contributed by atoms with van der Waals surface area (Å²) in [7, 11) is -3.57. The van der Waals surface area contributed by atoms with Crippen LogP contribution < -0.4 is 5.73 Å². The minimum atomic E-state index is -3.57. The van der Waals surface area contributed by atoms with Crippen molar-refractivity contribution in [3.05, 3.63) is 22.2 Å². The van der Waals surface area contributed by atoms with Crippen LogP contribution in [0.4, 0.5) is 10.1 Å². The molecule has 0 saturated carbocycles. The fraction of sp³-hybridized carbons (Fsp3) is 0.286. The van der Waals surface area contributed by atoms with Crippen LogP contribution in [-0.2, 0) is 20.9 Å². The summed E-state index contributed by atoms with van der Waals surface area (Å²) < 4.78 is 38.7. The Hall–Kier alpha value is -0.730. The topological polar surface area (TPSA) is 82.3 Å². The van der Waals surface area contributed by atoms with Crippen molar-refractivity contribution in [2.75, 3.05) is 12.0 Å². The minimum absolute atomic E-state index is 0.0381. The van der Waals surface area contributed by atoms with Gasteiger partial charge in [-0.3, -0.25) is 4.18 Å². The van der Waals surface area contributed by atoms with Crippen molar-refractivity contribution >= 4 is 31.7 Å². The van der Waals surface area contributed by atoms with Crippen LogP contribution in [-0.4, -0.2) is 19.7 Å². The number of pyridine rings is 1. The second-order valence-electron chi connectivity index (χ2n) is 2.76. The van der Waals surface area contributed by atoms with E-state index in [1.54, 1.807) is 0 Å². The number of nitrogens with two attached hydrogens (primary N) is 1. The Kier molecular flexibility index (Phi) is 3.63. The molecule has 0 aliphatic rings. The summed E-state index contributed by atoms with van der Waals surface area (Å²) in [5, 5.41) is 0. The minimum Gasteiger partial charge on any atom is -0.397 e. The van der Waals surface area contributed by atoms with Crippen molar-refractivity contribution in [2.45, 2.75) is 6.61 Å². The maximum atomic E-state index is 12.9. The maximum Gasteiger partial charge on any atom is 0.264 e. The molecule has 1 rings (SSSR count). The predicted molar refractivity (Wildman–Crippen MR) is 55.9 cm³/mol. The average Bonchev–Trinajstić information content (AvgIpc) is 2.07. The van der Waals surface area contributed by atoms with Crippen molar-refractivity contribution in [3.8, 4) is 0 Å². The van der Waals surface area contributed by atoms with Crippen LogP contribution in [0.15, 0.2) is 10.7 Å². The number of halogens is 2. The first kappa shape index (κ1) is 12.3. The second kappa shape index (κ2) is 4.42. The van der Waals surface area contributed by atoms with Crippen molar-refractivity contribution in [3.63, 3.8) is 0 Å². The molecule has 15 heavy (non-hydrogen) atoms. The fourth-order valence-electron chi connectivity index (χ4n) is 0.794. The molecule has 84 valence electrons. The van der Waals surface area contributed by atoms with Gasteiger partial charge in [0.2, 0.25) is 0 Å². The molecule has 0 saturated heterocycles. The van der Waals surface area contributed by atoms with Gasteiger partial charge in [0.25, 0.3) is 10.1 Å². The van der Waals surface area contributed by atoms with E-state index >= 15 is 0 Å². The first-order chi connectivity index (χ1) is 6.79. The third-order valence-corrected chi connectivity index (χ3v) is 2.56. The Labute approximate surface area is 94.7 Å². The van der Waals surface area contributed by atoms with Crippen molar-refractivity contribution < 1.29 is 17.0 Å². The van der Waals surface area contributed by atoms with Gasteiger partial charge in [-0.2, -0.15) is 8.42 Å². The molecule has 0 aromatic carbocycles. The van der Waals surface area contributed by atoms with Crippen LogP contribution in [0, 0.1) is 5.82 Å². The quantitative estimate of drug-likeness (QED) is 0.666. The number of nitrogens with zero attached hydrogens (tertiary/aromatic N) is 1. The van der Waals surface area contributed by atoms with Gasteiger partial charge in [-0.1, -0.05) is 0 Å². The molecule has 0 spiro atoms. The van der Waals surface area contributed by atoms with Crippen LogP contribution in [0.25, 0.3) is 0 Å². The highest BCUT2D eigenvalue weighted by Crippen LogP contribution is 2.19. The normalized spacial score (nSPS) is 11.7. The lowest BCUT2D eigenvalue weighted by atomic mass is 10.3. The van der Waals surface area contributed by atoms with E-state index in [0.717, 1.165) is 12.3 Å².